The number of nitrogens with one attached hydrogen (secondary N) is 2. The molecule has 0 spiro atoms. The largest absolute Gasteiger partial charge is 0.497 e. The number of carbonyl (C=O) groups is 1. The van der Waals surface area contributed by atoms with Crippen molar-refractivity contribution in [1.29, 1.82) is 10.7 Å². The van der Waals surface area contributed by atoms with E-state index in [4.69, 9.17) is 39.1 Å². The van der Waals surface area contributed by atoms with Gasteiger partial charge in [0.1, 0.15) is 52.9 Å². The van der Waals surface area contributed by atoms with Crippen LogP contribution in [0.5, 0.6) is 23.0 Å². The number of carbonyl (C=O) groups excluding carboxylic acids is 1. The van der Waals surface area contributed by atoms with E-state index in [-0.39, 0.29) is 42.7 Å². The maximum Gasteiger partial charge on any atom is 0.290 e. The predicted octanol–water partition coefficient (Wildman–Crippen LogP) is 6.67. The lowest BCUT2D eigenvalue weighted by atomic mass is 9.99. The number of pyridine rings is 1. The van der Waals surface area contributed by atoms with E-state index in [1.54, 1.807) is 70.6 Å². The summed E-state index contributed by atoms with van der Waals surface area (Å²) >= 11 is 0. The van der Waals surface area contributed by atoms with Crippen LogP contribution in [-0.2, 0) is 22.6 Å². The number of ether oxygens (including phenoxy) is 6. The van der Waals surface area contributed by atoms with Gasteiger partial charge < -0.3 is 38.6 Å². The van der Waals surface area contributed by atoms with Gasteiger partial charge >= 0.3 is 0 Å². The quantitative estimate of drug-likeness (QED) is 0.0784. The molecule has 3 aromatic carbocycles. The number of aromatic nitrogens is 1. The Morgan fingerprint density at radius 2 is 1.55 bits per heavy atom. The van der Waals surface area contributed by atoms with Crippen molar-refractivity contribution in [1.82, 2.24) is 9.88 Å². The molecule has 0 fully saturated rings. The van der Waals surface area contributed by atoms with Gasteiger partial charge in [0.25, 0.3) is 11.9 Å². The molecule has 0 aliphatic heterocycles. The Kier molecular flexibility index (Phi) is 13.3. The normalized spacial score (nSPS) is 11.5. The van der Waals surface area contributed by atoms with Gasteiger partial charge in [0.15, 0.2) is 0 Å². The first kappa shape index (κ1) is 37.7. The lowest BCUT2D eigenvalue weighted by Gasteiger charge is -2.27. The van der Waals surface area contributed by atoms with Crippen LogP contribution in [0.1, 0.15) is 45.6 Å². The van der Waals surface area contributed by atoms with Crippen LogP contribution in [0.25, 0.3) is 0 Å². The van der Waals surface area contributed by atoms with Gasteiger partial charge in [-0.25, -0.2) is 9.37 Å². The van der Waals surface area contributed by atoms with E-state index in [0.717, 1.165) is 11.1 Å². The molecule has 1 atom stereocenters. The maximum atomic E-state index is 15.2. The first-order chi connectivity index (χ1) is 24.6. The van der Waals surface area contributed by atoms with Crippen molar-refractivity contribution in [2.75, 3.05) is 47.5 Å². The molecule has 1 aromatic heterocycles. The minimum absolute atomic E-state index is 0.0132. The number of hydrogen-bond acceptors (Lipinski definition) is 10. The van der Waals surface area contributed by atoms with Gasteiger partial charge in [-0.2, -0.15) is 5.26 Å². The molecular weight excluding hydrogens is 657 g/mol. The molecule has 0 radical (unpaired) electrons. The van der Waals surface area contributed by atoms with E-state index in [1.165, 1.54) is 43.6 Å². The van der Waals surface area contributed by atoms with Crippen LogP contribution < -0.4 is 24.3 Å². The molecule has 0 saturated carbocycles. The molecular formula is C38H40FN5O7. The summed E-state index contributed by atoms with van der Waals surface area (Å²) in [5.74, 6) is 1.04. The molecule has 1 amide bonds. The number of allylic oxidation sites excluding steroid dienone is 1. The van der Waals surface area contributed by atoms with Gasteiger partial charge in [0.2, 0.25) is 0 Å². The average molecular weight is 698 g/mol. The number of halogens is 1. The number of nitriles is 1. The Bertz CT molecular complexity index is 1850. The first-order valence-electron chi connectivity index (χ1n) is 15.7. The van der Waals surface area contributed by atoms with Crippen LogP contribution in [0.3, 0.4) is 0 Å². The smallest absolute Gasteiger partial charge is 0.290 e. The Balaban J connectivity index is 1.61. The summed E-state index contributed by atoms with van der Waals surface area (Å²) in [6.45, 7) is 2.17. The van der Waals surface area contributed by atoms with E-state index in [2.05, 4.69) is 10.3 Å². The van der Waals surface area contributed by atoms with E-state index in [1.807, 2.05) is 18.2 Å². The lowest BCUT2D eigenvalue weighted by molar-refractivity contribution is 0.102. The number of rotatable bonds is 15. The molecule has 0 bridgehead atoms. The zero-order valence-corrected chi connectivity index (χ0v) is 29.3. The summed E-state index contributed by atoms with van der Waals surface area (Å²) in [5, 5.41) is 20.8. The number of amides is 1. The molecule has 0 aliphatic carbocycles. The van der Waals surface area contributed by atoms with Crippen LogP contribution in [0.2, 0.25) is 0 Å². The number of hydrogen-bond donors (Lipinski definition) is 2. The highest BCUT2D eigenvalue weighted by atomic mass is 19.1. The molecule has 266 valence electrons. The molecule has 0 saturated heterocycles. The fraction of sp³-hybridized carbons (Fsp3) is 0.263. The van der Waals surface area contributed by atoms with Crippen molar-refractivity contribution >= 4 is 17.6 Å². The van der Waals surface area contributed by atoms with Crippen LogP contribution in [0, 0.1) is 22.6 Å². The fourth-order valence-corrected chi connectivity index (χ4v) is 5.15. The number of anilines is 1. The van der Waals surface area contributed by atoms with Crippen molar-refractivity contribution in [3.63, 3.8) is 0 Å². The molecule has 13 heteroatoms. The second kappa shape index (κ2) is 18.0. The summed E-state index contributed by atoms with van der Waals surface area (Å²) in [7, 11) is 7.74. The van der Waals surface area contributed by atoms with Crippen molar-refractivity contribution in [3.05, 3.63) is 119 Å². The van der Waals surface area contributed by atoms with E-state index < -0.39 is 17.6 Å². The van der Waals surface area contributed by atoms with Gasteiger partial charge in [0, 0.05) is 48.2 Å². The molecule has 12 nitrogen and oxygen atoms in total. The zero-order valence-electron chi connectivity index (χ0n) is 29.3. The Morgan fingerprint density at radius 3 is 2.06 bits per heavy atom. The monoisotopic (exact) mass is 697 g/mol. The highest BCUT2D eigenvalue weighted by Gasteiger charge is 2.21. The minimum atomic E-state index is -0.565. The Hall–Kier alpha value is -6.13. The van der Waals surface area contributed by atoms with Gasteiger partial charge in [-0.1, -0.05) is 6.92 Å². The van der Waals surface area contributed by atoms with Crippen LogP contribution >= 0.6 is 0 Å². The highest BCUT2D eigenvalue weighted by molar-refractivity contribution is 6.02. The minimum Gasteiger partial charge on any atom is -0.497 e. The topological polar surface area (TPSA) is 148 Å². The van der Waals surface area contributed by atoms with Crippen molar-refractivity contribution in [2.24, 2.45) is 0 Å². The second-order valence-corrected chi connectivity index (χ2v) is 11.2. The number of amidine groups is 1. The molecule has 51 heavy (non-hydrogen) atoms. The summed E-state index contributed by atoms with van der Waals surface area (Å²) in [4.78, 5) is 18.5. The maximum absolute atomic E-state index is 15.2. The van der Waals surface area contributed by atoms with Gasteiger partial charge in [-0.15, -0.1) is 0 Å². The molecule has 1 unspecified atom stereocenters. The molecule has 4 rings (SSSR count). The van der Waals surface area contributed by atoms with E-state index in [0.29, 0.717) is 34.2 Å². The van der Waals surface area contributed by atoms with E-state index >= 15 is 4.39 Å². The third kappa shape index (κ3) is 9.96. The lowest BCUT2D eigenvalue weighted by Crippen LogP contribution is -2.32. The second-order valence-electron chi connectivity index (χ2n) is 11.2. The van der Waals surface area contributed by atoms with Crippen LogP contribution in [-0.4, -0.2) is 64.0 Å². The van der Waals surface area contributed by atoms with Gasteiger partial charge in [-0.05, 0) is 66.2 Å². The third-order valence-corrected chi connectivity index (χ3v) is 7.82. The number of nitrogens with zero attached hydrogens (tertiary/aromatic N) is 3. The molecule has 1 heterocycles. The van der Waals surface area contributed by atoms with Crippen LogP contribution in [0.15, 0.2) is 84.8 Å². The highest BCUT2D eigenvalue weighted by Crippen LogP contribution is 2.30. The zero-order chi connectivity index (χ0) is 36.9. The third-order valence-electron chi connectivity index (χ3n) is 7.82. The molecule has 2 N–H and O–H groups in total. The average Bonchev–Trinajstić information content (AvgIpc) is 3.15. The fourth-order valence-electron chi connectivity index (χ4n) is 5.15. The van der Waals surface area contributed by atoms with Crippen LogP contribution in [0.4, 0.5) is 10.1 Å². The summed E-state index contributed by atoms with van der Waals surface area (Å²) in [5.41, 5.74) is 2.57. The Labute approximate surface area is 296 Å². The summed E-state index contributed by atoms with van der Waals surface area (Å²) in [6, 6.07) is 19.7. The number of benzene rings is 3. The molecule has 4 aromatic rings. The predicted molar refractivity (Wildman–Crippen MR) is 189 cm³/mol. The number of methoxy groups -OCH3 is 5. The van der Waals surface area contributed by atoms with Gasteiger partial charge in [-0.3, -0.25) is 10.2 Å². The summed E-state index contributed by atoms with van der Waals surface area (Å²) < 4.78 is 48.7. The first-order valence-corrected chi connectivity index (χ1v) is 15.7. The molecule has 0 aliphatic rings. The van der Waals surface area contributed by atoms with Gasteiger partial charge in [0.05, 0.1) is 47.1 Å². The standard InChI is InChI=1S/C38H40FN5O7/c1-24(32-16-28(10-13-33(32)39)43-37(45)34-14-7-25(19-40)20-42-34)15-31(23-46-2)51-38(41)44(21-26-8-11-29(47-3)17-35(26)49-5)22-27-9-12-30(48-4)18-36(27)50-6/h7-18,20,24,41H,21-23H2,1-6H3,(H,43,45)/b31-15-,41-38?. The van der Waals surface area contributed by atoms with E-state index in [9.17, 15) is 4.79 Å². The SMILES string of the molecule is COC/C(=C/C(C)c1cc(NC(=O)c2ccc(C#N)cn2)ccc1F)OC(=N)N(Cc1ccc(OC)cc1OC)Cc1ccc(OC)cc1OC. The Morgan fingerprint density at radius 1 is 0.922 bits per heavy atom. The van der Waals surface area contributed by atoms with Crippen molar-refractivity contribution in [2.45, 2.75) is 25.9 Å². The summed E-state index contributed by atoms with van der Waals surface area (Å²) in [6.07, 6.45) is 2.96. The van der Waals surface area contributed by atoms with Crippen molar-refractivity contribution < 1.29 is 37.6 Å². The van der Waals surface area contributed by atoms with Crippen molar-refractivity contribution in [3.8, 4) is 29.1 Å².